The standard InChI is InChI=1S/C25H32N6O4/c1-32-17-9-11-19(21(15-17)34-3)26-23-28-24(27-20-12-10-18(33-2)16-22(20)35-4)30-25(29-23)31-13-7-5-6-8-14-31/h9-12,15-16H,5-8,13-14H2,1-4H3,(H2,26,27,28,29,30). The Kier molecular flexibility index (Phi) is 7.92. The average molecular weight is 481 g/mol. The van der Waals surface area contributed by atoms with E-state index in [9.17, 15) is 0 Å². The molecule has 2 heterocycles. The first kappa shape index (κ1) is 24.2. The molecule has 0 unspecified atom stereocenters. The van der Waals surface area contributed by atoms with Gasteiger partial charge in [-0.3, -0.25) is 0 Å². The Morgan fingerprint density at radius 2 is 1.11 bits per heavy atom. The summed E-state index contributed by atoms with van der Waals surface area (Å²) in [5, 5.41) is 6.56. The molecule has 10 nitrogen and oxygen atoms in total. The van der Waals surface area contributed by atoms with Gasteiger partial charge in [-0.15, -0.1) is 0 Å². The van der Waals surface area contributed by atoms with Crippen molar-refractivity contribution in [3.8, 4) is 23.0 Å². The van der Waals surface area contributed by atoms with E-state index >= 15 is 0 Å². The summed E-state index contributed by atoms with van der Waals surface area (Å²) >= 11 is 0. The zero-order valence-corrected chi connectivity index (χ0v) is 20.6. The Hall–Kier alpha value is -3.95. The van der Waals surface area contributed by atoms with Gasteiger partial charge in [-0.1, -0.05) is 12.8 Å². The van der Waals surface area contributed by atoms with E-state index < -0.39 is 0 Å². The quantitative estimate of drug-likeness (QED) is 0.445. The maximum atomic E-state index is 5.53. The second-order valence-electron chi connectivity index (χ2n) is 8.07. The van der Waals surface area contributed by atoms with Gasteiger partial charge in [-0.25, -0.2) is 0 Å². The van der Waals surface area contributed by atoms with Gasteiger partial charge >= 0.3 is 0 Å². The maximum Gasteiger partial charge on any atom is 0.233 e. The Balaban J connectivity index is 1.70. The summed E-state index contributed by atoms with van der Waals surface area (Å²) in [4.78, 5) is 16.3. The van der Waals surface area contributed by atoms with E-state index in [0.29, 0.717) is 52.2 Å². The molecule has 0 spiro atoms. The van der Waals surface area contributed by atoms with E-state index in [1.54, 1.807) is 40.6 Å². The van der Waals surface area contributed by atoms with Gasteiger partial charge in [0.1, 0.15) is 23.0 Å². The van der Waals surface area contributed by atoms with Crippen molar-refractivity contribution in [3.63, 3.8) is 0 Å². The van der Waals surface area contributed by atoms with Crippen LogP contribution in [0, 0.1) is 0 Å². The number of aromatic nitrogens is 3. The van der Waals surface area contributed by atoms with Crippen LogP contribution >= 0.6 is 0 Å². The molecule has 1 saturated heterocycles. The summed E-state index contributed by atoms with van der Waals surface area (Å²) in [5.41, 5.74) is 1.43. The van der Waals surface area contributed by atoms with Crippen LogP contribution in [0.25, 0.3) is 0 Å². The molecule has 0 aliphatic carbocycles. The number of benzene rings is 2. The summed E-state index contributed by atoms with van der Waals surface area (Å²) in [6.07, 6.45) is 4.64. The van der Waals surface area contributed by atoms with Crippen LogP contribution < -0.4 is 34.5 Å². The minimum atomic E-state index is 0.401. The molecule has 0 radical (unpaired) electrons. The first-order chi connectivity index (χ1) is 17.1. The first-order valence-electron chi connectivity index (χ1n) is 11.6. The molecule has 2 N–H and O–H groups in total. The Morgan fingerprint density at radius 1 is 0.629 bits per heavy atom. The zero-order valence-electron chi connectivity index (χ0n) is 20.6. The molecule has 0 amide bonds. The largest absolute Gasteiger partial charge is 0.497 e. The minimum absolute atomic E-state index is 0.401. The number of anilines is 5. The van der Waals surface area contributed by atoms with Crippen molar-refractivity contribution in [2.24, 2.45) is 0 Å². The second-order valence-corrected chi connectivity index (χ2v) is 8.07. The third kappa shape index (κ3) is 5.95. The van der Waals surface area contributed by atoms with Gasteiger partial charge < -0.3 is 34.5 Å². The molecule has 1 aliphatic heterocycles. The van der Waals surface area contributed by atoms with E-state index in [2.05, 4.69) is 20.5 Å². The lowest BCUT2D eigenvalue weighted by Gasteiger charge is -2.22. The van der Waals surface area contributed by atoms with Crippen LogP contribution in [0.1, 0.15) is 25.7 Å². The Labute approximate surface area is 205 Å². The van der Waals surface area contributed by atoms with Crippen molar-refractivity contribution in [1.29, 1.82) is 0 Å². The van der Waals surface area contributed by atoms with Crippen LogP contribution in [0.5, 0.6) is 23.0 Å². The minimum Gasteiger partial charge on any atom is -0.497 e. The van der Waals surface area contributed by atoms with Crippen molar-refractivity contribution in [2.45, 2.75) is 25.7 Å². The van der Waals surface area contributed by atoms with Gasteiger partial charge in [0.25, 0.3) is 0 Å². The summed E-state index contributed by atoms with van der Waals surface area (Å²) in [7, 11) is 6.46. The van der Waals surface area contributed by atoms with Crippen molar-refractivity contribution in [1.82, 2.24) is 15.0 Å². The summed E-state index contributed by atoms with van der Waals surface area (Å²) in [6.45, 7) is 1.81. The predicted molar refractivity (Wildman–Crippen MR) is 136 cm³/mol. The smallest absolute Gasteiger partial charge is 0.233 e. The molecule has 35 heavy (non-hydrogen) atoms. The van der Waals surface area contributed by atoms with Gasteiger partial charge in [0.2, 0.25) is 17.8 Å². The highest BCUT2D eigenvalue weighted by molar-refractivity contribution is 5.68. The van der Waals surface area contributed by atoms with E-state index in [1.807, 2.05) is 24.3 Å². The predicted octanol–water partition coefficient (Wildman–Crippen LogP) is 4.77. The zero-order chi connectivity index (χ0) is 24.6. The maximum absolute atomic E-state index is 5.53. The van der Waals surface area contributed by atoms with E-state index in [-0.39, 0.29) is 0 Å². The molecular weight excluding hydrogens is 448 g/mol. The van der Waals surface area contributed by atoms with Crippen LogP contribution in [0.3, 0.4) is 0 Å². The molecule has 4 rings (SSSR count). The lowest BCUT2D eigenvalue weighted by atomic mass is 10.2. The monoisotopic (exact) mass is 480 g/mol. The third-order valence-electron chi connectivity index (χ3n) is 5.82. The van der Waals surface area contributed by atoms with Crippen molar-refractivity contribution < 1.29 is 18.9 Å². The highest BCUT2D eigenvalue weighted by Crippen LogP contribution is 2.33. The number of hydrogen-bond acceptors (Lipinski definition) is 10. The molecule has 1 aromatic heterocycles. The van der Waals surface area contributed by atoms with E-state index in [0.717, 1.165) is 25.9 Å². The third-order valence-corrected chi connectivity index (χ3v) is 5.82. The van der Waals surface area contributed by atoms with Crippen LogP contribution in [0.15, 0.2) is 36.4 Å². The molecular formula is C25H32N6O4. The normalized spacial score (nSPS) is 13.5. The molecule has 1 aliphatic rings. The van der Waals surface area contributed by atoms with Gasteiger partial charge in [0, 0.05) is 25.2 Å². The number of hydrogen-bond donors (Lipinski definition) is 2. The molecule has 0 atom stereocenters. The van der Waals surface area contributed by atoms with Crippen LogP contribution in [-0.4, -0.2) is 56.5 Å². The summed E-state index contributed by atoms with van der Waals surface area (Å²) in [6, 6.07) is 11.0. The molecule has 186 valence electrons. The number of rotatable bonds is 9. The number of nitrogens with zero attached hydrogens (tertiary/aromatic N) is 4. The van der Waals surface area contributed by atoms with Crippen molar-refractivity contribution >= 4 is 29.2 Å². The lowest BCUT2D eigenvalue weighted by Crippen LogP contribution is -2.26. The Bertz CT molecular complexity index is 1060. The first-order valence-corrected chi connectivity index (χ1v) is 11.6. The number of methoxy groups -OCH3 is 4. The van der Waals surface area contributed by atoms with Crippen molar-refractivity contribution in [2.75, 3.05) is 57.1 Å². The van der Waals surface area contributed by atoms with Crippen LogP contribution in [0.2, 0.25) is 0 Å². The van der Waals surface area contributed by atoms with Gasteiger partial charge in [-0.2, -0.15) is 15.0 Å². The van der Waals surface area contributed by atoms with Crippen molar-refractivity contribution in [3.05, 3.63) is 36.4 Å². The highest BCUT2D eigenvalue weighted by atomic mass is 16.5. The van der Waals surface area contributed by atoms with Crippen LogP contribution in [0.4, 0.5) is 29.2 Å². The van der Waals surface area contributed by atoms with Gasteiger partial charge in [-0.05, 0) is 37.1 Å². The molecule has 0 bridgehead atoms. The molecule has 0 saturated carbocycles. The summed E-state index contributed by atoms with van der Waals surface area (Å²) < 4.78 is 21.7. The molecule has 10 heteroatoms. The number of ether oxygens (including phenoxy) is 4. The molecule has 1 fully saturated rings. The lowest BCUT2D eigenvalue weighted by molar-refractivity contribution is 0.395. The fraction of sp³-hybridized carbons (Fsp3) is 0.400. The van der Waals surface area contributed by atoms with Gasteiger partial charge in [0.15, 0.2) is 0 Å². The fourth-order valence-corrected chi connectivity index (χ4v) is 3.93. The molecule has 3 aromatic rings. The topological polar surface area (TPSA) is 103 Å². The second kappa shape index (κ2) is 11.5. The molecule has 2 aromatic carbocycles. The van der Waals surface area contributed by atoms with Crippen LogP contribution in [-0.2, 0) is 0 Å². The van der Waals surface area contributed by atoms with Gasteiger partial charge in [0.05, 0.1) is 39.8 Å². The average Bonchev–Trinajstić information content (AvgIpc) is 3.19. The Morgan fingerprint density at radius 3 is 1.54 bits per heavy atom. The van der Waals surface area contributed by atoms with E-state index in [1.165, 1.54) is 12.8 Å². The number of nitrogens with one attached hydrogen (secondary N) is 2. The SMILES string of the molecule is COc1ccc(Nc2nc(Nc3ccc(OC)cc3OC)nc(N3CCCCCC3)n2)c(OC)c1. The summed E-state index contributed by atoms with van der Waals surface area (Å²) in [5.74, 6) is 4.05. The van der Waals surface area contributed by atoms with E-state index in [4.69, 9.17) is 28.9 Å². The highest BCUT2D eigenvalue weighted by Gasteiger charge is 2.18. The fourth-order valence-electron chi connectivity index (χ4n) is 3.93.